The number of hydrogen-bond donors (Lipinski definition) is 4. The van der Waals surface area contributed by atoms with E-state index in [0.717, 1.165) is 57.4 Å². The van der Waals surface area contributed by atoms with Crippen molar-refractivity contribution >= 4 is 86.4 Å². The van der Waals surface area contributed by atoms with Gasteiger partial charge < -0.3 is 20.4 Å². The Morgan fingerprint density at radius 2 is 0.776 bits per heavy atom. The molecule has 1 aliphatic heterocycles. The number of aryl methyl sites for hydroxylation is 2. The molecule has 36 heteroatoms. The van der Waals surface area contributed by atoms with Crippen molar-refractivity contribution in [3.63, 3.8) is 0 Å². The summed E-state index contributed by atoms with van der Waals surface area (Å²) in [6, 6.07) is 46.5. The van der Waals surface area contributed by atoms with Crippen molar-refractivity contribution in [2.24, 2.45) is 19.1 Å². The van der Waals surface area contributed by atoms with E-state index in [1.165, 1.54) is 124 Å². The number of thiazole rings is 1. The van der Waals surface area contributed by atoms with Gasteiger partial charge in [-0.1, -0.05) is 42.5 Å². The molecule has 4 fully saturated rings. The van der Waals surface area contributed by atoms with Gasteiger partial charge in [-0.05, 0) is 271 Å². The van der Waals surface area contributed by atoms with E-state index < -0.39 is 110 Å². The Labute approximate surface area is 770 Å². The van der Waals surface area contributed by atoms with Gasteiger partial charge in [0.2, 0.25) is 0 Å². The Kier molecular flexibility index (Phi) is 26.6. The minimum atomic E-state index is -4.00. The van der Waals surface area contributed by atoms with Crippen molar-refractivity contribution in [3.05, 3.63) is 332 Å². The molecule has 680 valence electrons. The van der Waals surface area contributed by atoms with Crippen molar-refractivity contribution in [2.45, 2.75) is 118 Å². The number of benzene rings is 8. The minimum Gasteiger partial charge on any atom is -0.478 e. The number of carbonyl (C=O) groups is 4. The average Bonchev–Trinajstić information content (AvgIpc) is 1.72. The van der Waals surface area contributed by atoms with Gasteiger partial charge in [0.25, 0.3) is 0 Å². The Bertz CT molecular complexity index is 7400. The van der Waals surface area contributed by atoms with Crippen molar-refractivity contribution < 1.29 is 90.8 Å². The number of nitrogens with zero attached hydrogens (tertiary/aromatic N) is 11. The van der Waals surface area contributed by atoms with Crippen LogP contribution in [0.15, 0.2) is 255 Å². The summed E-state index contributed by atoms with van der Waals surface area (Å²) in [7, 11) is -12.6. The van der Waals surface area contributed by atoms with E-state index in [1.807, 2.05) is 0 Å². The molecule has 134 heavy (non-hydrogen) atoms. The highest BCUT2D eigenvalue weighted by atomic mass is 32.2. The molecule has 0 atom stereocenters. The monoisotopic (exact) mass is 1900 g/mol. The molecule has 4 saturated carbocycles. The molecule has 5 aliphatic rings. The molecule has 8 aromatic carbocycles. The molecule has 0 radical (unpaired) electrons. The zero-order valence-electron chi connectivity index (χ0n) is 71.2. The number of rotatable bonds is 27. The third kappa shape index (κ3) is 20.7. The Balaban J connectivity index is 0.000000130. The normalized spacial score (nSPS) is 14.1. The maximum Gasteiger partial charge on any atom is 0.335 e. The fourth-order valence-electron chi connectivity index (χ4n) is 16.0. The van der Waals surface area contributed by atoms with E-state index in [4.69, 9.17) is 0 Å². The summed E-state index contributed by atoms with van der Waals surface area (Å²) >= 11 is 1.23. The zero-order chi connectivity index (χ0) is 94.8. The third-order valence-electron chi connectivity index (χ3n) is 23.2. The number of aromatic carboxylic acids is 4. The molecule has 4 N–H and O–H groups in total. The number of halogens is 4. The number of allylic oxidation sites excluding steroid dienone is 1. The lowest BCUT2D eigenvalue weighted by molar-refractivity contribution is 0.0685. The van der Waals surface area contributed by atoms with Crippen LogP contribution in [-0.4, -0.2) is 135 Å². The van der Waals surface area contributed by atoms with Crippen LogP contribution in [0.4, 0.5) is 17.6 Å². The number of carboxylic acids is 4. The molecule has 0 amide bonds. The number of hydrogen-bond acceptors (Lipinski definition) is 22. The largest absolute Gasteiger partial charge is 0.478 e. The predicted molar refractivity (Wildman–Crippen MR) is 490 cm³/mol. The molecular weight excluding hydrogens is 1820 g/mol. The Morgan fingerprint density at radius 1 is 0.403 bits per heavy atom. The van der Waals surface area contributed by atoms with Crippen molar-refractivity contribution in [2.75, 3.05) is 6.54 Å². The van der Waals surface area contributed by atoms with Gasteiger partial charge in [-0.15, -0.1) is 11.3 Å². The van der Waals surface area contributed by atoms with Gasteiger partial charge in [-0.25, -0.2) is 85.1 Å². The summed E-state index contributed by atoms with van der Waals surface area (Å²) in [4.78, 5) is 71.3. The predicted octanol–water partition coefficient (Wildman–Crippen LogP) is 18.3. The lowest BCUT2D eigenvalue weighted by atomic mass is 9.97. The first-order valence-electron chi connectivity index (χ1n) is 41.9. The topological polar surface area (TPSA) is 422 Å². The minimum absolute atomic E-state index is 0.00333. The first-order valence-corrected chi connectivity index (χ1v) is 49.4. The second kappa shape index (κ2) is 38.4. The van der Waals surface area contributed by atoms with Crippen LogP contribution < -0.4 is 0 Å². The van der Waals surface area contributed by atoms with Gasteiger partial charge in [0.1, 0.15) is 40.7 Å². The van der Waals surface area contributed by atoms with Gasteiger partial charge in [-0.2, -0.15) is 15.5 Å². The van der Waals surface area contributed by atoms with Crippen LogP contribution in [0.25, 0.3) is 72.6 Å². The van der Waals surface area contributed by atoms with E-state index in [1.54, 1.807) is 147 Å². The van der Waals surface area contributed by atoms with Crippen LogP contribution in [0, 0.1) is 34.6 Å². The van der Waals surface area contributed by atoms with Crippen LogP contribution in [-0.2, 0) is 76.5 Å². The summed E-state index contributed by atoms with van der Waals surface area (Å²) in [5.41, 5.74) is 7.62. The van der Waals surface area contributed by atoms with E-state index in [0.29, 0.717) is 107 Å². The van der Waals surface area contributed by atoms with Gasteiger partial charge in [0, 0.05) is 90.1 Å². The number of carboxylic acid groups (broad SMARTS) is 4. The highest BCUT2D eigenvalue weighted by Gasteiger charge is 2.38. The molecule has 0 bridgehead atoms. The molecule has 19 rings (SSSR count). The molecular formula is C98H79F4N11O16S5. The average molecular weight is 1900 g/mol. The molecule has 0 spiro atoms. The summed E-state index contributed by atoms with van der Waals surface area (Å²) in [5.74, 6) is -8.36. The van der Waals surface area contributed by atoms with E-state index in [9.17, 15) is 82.9 Å². The first kappa shape index (κ1) is 92.8. The van der Waals surface area contributed by atoms with E-state index in [2.05, 4.69) is 40.1 Å². The second-order valence-electron chi connectivity index (χ2n) is 32.6. The molecule has 4 aliphatic carbocycles. The number of pyridine rings is 3. The molecule has 0 unspecified atom stereocenters. The van der Waals surface area contributed by atoms with Crippen LogP contribution in [0.2, 0.25) is 0 Å². The summed E-state index contributed by atoms with van der Waals surface area (Å²) in [6.45, 7) is 0.318. The fourth-order valence-corrected chi connectivity index (χ4v) is 23.5. The highest BCUT2D eigenvalue weighted by molar-refractivity contribution is 7.91. The second-order valence-corrected chi connectivity index (χ2v) is 41.4. The van der Waals surface area contributed by atoms with E-state index >= 15 is 13.2 Å². The van der Waals surface area contributed by atoms with Crippen LogP contribution in [0.3, 0.4) is 0 Å². The van der Waals surface area contributed by atoms with Gasteiger partial charge >= 0.3 is 23.9 Å². The highest BCUT2D eigenvalue weighted by Crippen LogP contribution is 2.49. The third-order valence-corrected chi connectivity index (χ3v) is 30.9. The van der Waals surface area contributed by atoms with Gasteiger partial charge in [0.15, 0.2) is 45.2 Å². The summed E-state index contributed by atoms with van der Waals surface area (Å²) < 4.78 is 172. The zero-order valence-corrected chi connectivity index (χ0v) is 75.3. The quantitative estimate of drug-likeness (QED) is 0.0347. The lowest BCUT2D eigenvalue weighted by Crippen LogP contribution is -2.11. The van der Waals surface area contributed by atoms with Crippen LogP contribution in [0.1, 0.15) is 172 Å². The van der Waals surface area contributed by atoms with Crippen molar-refractivity contribution in [3.8, 4) is 73.1 Å². The van der Waals surface area contributed by atoms with Crippen LogP contribution in [0.5, 0.6) is 0 Å². The SMILES string of the molecule is Cn1nccc1-c1cc(CS(=O)(=O)c2cc(C(=O)O)ccc2C2CC2)c(-c2ccccn2)cc1F.Cn1ncnc1-c1cc(CS(=O)(=O)c2cc(C(=O)O)ccc2C2CC2)c(-c2ccccn2)cc1F.N#Cc1cc(CS(=O)(=O)c2cc(C(=O)O)ccc2C2CC2)c(-c2nccs2)cc1F.O=C(O)c1ccc(C2CC2)c(S(=O)(=O)Cc2cc(C3=CC=NC3)c(F)cc2-c2ccccn2)c1. The molecule has 14 aromatic rings. The lowest BCUT2D eigenvalue weighted by Gasteiger charge is -2.16. The molecule has 7 heterocycles. The van der Waals surface area contributed by atoms with Gasteiger partial charge in [0.05, 0.1) is 105 Å². The summed E-state index contributed by atoms with van der Waals surface area (Å²) in [6.07, 6.45) is 19.1. The number of sulfone groups is 4. The maximum atomic E-state index is 15.3. The molecule has 27 nitrogen and oxygen atoms in total. The Hall–Kier alpha value is -14.5. The molecule has 6 aromatic heterocycles. The fraction of sp³-hybridized carbons (Fsp3) is 0.194. The smallest absolute Gasteiger partial charge is 0.335 e. The number of aliphatic imine (C=N–C) groups is 1. The maximum absolute atomic E-state index is 15.3. The number of aromatic nitrogens is 9. The van der Waals surface area contributed by atoms with E-state index in [-0.39, 0.29) is 93.6 Å². The molecule has 0 saturated heterocycles. The standard InChI is InChI=1S/C26H22FN3O4S.C26H21FN2O4S.C25H21FN4O4S.C21H15FN2O4S2/c1-30-24(9-11-29-30)21-12-18(20(14-22(21)27)23-4-2-3-10-28-23)15-35(33,34)25-13-17(26(31)32)7-8-19(25)16-5-6-16;27-23-13-22(24-3-1-2-9-29-24)19(11-21(23)18-8-10-28-14-18)15-34(32,33)25-12-17(26(30)31)6-7-20(25)16-4-5-16;1-30-24(28-14-29-30)20-10-17(19(12-21(20)26)22-4-2-3-9-27-22)13-35(33,34)23-11-16(25(31)32)7-8-18(23)15-5-6-15;22-18-9-17(20-24-5-6-29-20)15(7-14(18)10-23)11-30(27,28)19-8-13(21(25)26)3-4-16(19)12-1-2-12/h2-4,7-14,16H,5-6,15H2,1H3,(H,31,32);1-3,6-13,16H,4-5,14-15H2,(H,30,31);2-4,7-12,14-15H,5-6,13H2,1H3,(H,31,32);3-9,12H,1-2,11H2,(H,25,26). The van der Waals surface area contributed by atoms with Crippen molar-refractivity contribution in [1.82, 2.24) is 44.5 Å². The first-order chi connectivity index (χ1) is 64.1. The Morgan fingerprint density at radius 3 is 1.10 bits per heavy atom. The van der Waals surface area contributed by atoms with Crippen LogP contribution >= 0.6 is 11.3 Å². The van der Waals surface area contributed by atoms with Gasteiger partial charge in [-0.3, -0.25) is 24.6 Å². The summed E-state index contributed by atoms with van der Waals surface area (Å²) in [5, 5.41) is 57.0. The van der Waals surface area contributed by atoms with Crippen molar-refractivity contribution in [1.29, 1.82) is 5.26 Å². The number of nitriles is 1.